The Labute approximate surface area is 132 Å². The van der Waals surface area contributed by atoms with Gasteiger partial charge in [0.05, 0.1) is 11.1 Å². The molecule has 114 valence electrons. The minimum absolute atomic E-state index is 0.273. The maximum Gasteiger partial charge on any atom is 0.316 e. The highest BCUT2D eigenvalue weighted by Crippen LogP contribution is 2.19. The van der Waals surface area contributed by atoms with Crippen molar-refractivity contribution < 1.29 is 9.59 Å². The summed E-state index contributed by atoms with van der Waals surface area (Å²) in [5, 5.41) is 6.15. The van der Waals surface area contributed by atoms with Crippen molar-refractivity contribution in [3.63, 3.8) is 0 Å². The molecular weight excluding hydrogens is 292 g/mol. The van der Waals surface area contributed by atoms with Crippen LogP contribution >= 0.6 is 0 Å². The summed E-state index contributed by atoms with van der Waals surface area (Å²) < 4.78 is 0. The highest BCUT2D eigenvalue weighted by atomic mass is 16.2. The number of nitrogens with zero attached hydrogens (tertiary/aromatic N) is 1. The van der Waals surface area contributed by atoms with Crippen molar-refractivity contribution >= 4 is 34.2 Å². The number of urea groups is 1. The van der Waals surface area contributed by atoms with Gasteiger partial charge in [0.15, 0.2) is 0 Å². The number of carbonyl (C=O) groups is 2. The lowest BCUT2D eigenvalue weighted by Gasteiger charge is -2.09. The molecule has 6 heteroatoms. The average Bonchev–Trinajstić information content (AvgIpc) is 2.54. The first-order valence-electron chi connectivity index (χ1n) is 6.95. The summed E-state index contributed by atoms with van der Waals surface area (Å²) in [5.74, 6) is -0.273. The quantitative estimate of drug-likeness (QED) is 0.694. The molecule has 0 aliphatic rings. The van der Waals surface area contributed by atoms with Crippen molar-refractivity contribution in [2.45, 2.75) is 0 Å². The molecule has 0 aliphatic heterocycles. The number of hydrogen-bond acceptors (Lipinski definition) is 3. The second-order valence-corrected chi connectivity index (χ2v) is 4.90. The van der Waals surface area contributed by atoms with Gasteiger partial charge in [-0.3, -0.25) is 9.78 Å². The summed E-state index contributed by atoms with van der Waals surface area (Å²) in [6, 6.07) is 15.2. The molecule has 6 nitrogen and oxygen atoms in total. The molecule has 0 saturated heterocycles. The van der Waals surface area contributed by atoms with E-state index >= 15 is 0 Å². The predicted octanol–water partition coefficient (Wildman–Crippen LogP) is 2.98. The third kappa shape index (κ3) is 3.26. The van der Waals surface area contributed by atoms with E-state index in [1.807, 2.05) is 24.3 Å². The fraction of sp³-hybridized carbons (Fsp3) is 0. The number of fused-ring (bicyclic) bond motifs is 1. The van der Waals surface area contributed by atoms with E-state index in [2.05, 4.69) is 15.6 Å². The van der Waals surface area contributed by atoms with Crippen LogP contribution in [-0.4, -0.2) is 16.9 Å². The highest BCUT2D eigenvalue weighted by Gasteiger charge is 2.11. The van der Waals surface area contributed by atoms with Crippen LogP contribution in [0.2, 0.25) is 0 Å². The van der Waals surface area contributed by atoms with Gasteiger partial charge in [-0.1, -0.05) is 24.3 Å². The van der Waals surface area contributed by atoms with Crippen LogP contribution in [0.1, 0.15) is 10.4 Å². The van der Waals surface area contributed by atoms with Crippen molar-refractivity contribution in [3.8, 4) is 0 Å². The van der Waals surface area contributed by atoms with E-state index < -0.39 is 6.03 Å². The van der Waals surface area contributed by atoms with Gasteiger partial charge in [-0.05, 0) is 30.3 Å². The summed E-state index contributed by atoms with van der Waals surface area (Å²) >= 11 is 0. The molecule has 0 aliphatic carbocycles. The molecule has 0 radical (unpaired) electrons. The van der Waals surface area contributed by atoms with Crippen LogP contribution < -0.4 is 16.4 Å². The Hall–Kier alpha value is -3.41. The minimum atomic E-state index is -0.660. The lowest BCUT2D eigenvalue weighted by Crippen LogP contribution is -2.19. The maximum atomic E-state index is 12.5. The van der Waals surface area contributed by atoms with Crippen molar-refractivity contribution in [1.82, 2.24) is 4.98 Å². The zero-order chi connectivity index (χ0) is 16.2. The second-order valence-electron chi connectivity index (χ2n) is 4.90. The number of anilines is 2. The lowest BCUT2D eigenvalue weighted by molar-refractivity contribution is 0.102. The molecule has 1 aromatic heterocycles. The normalized spacial score (nSPS) is 10.3. The molecule has 3 aromatic rings. The number of pyridine rings is 1. The fourth-order valence-corrected chi connectivity index (χ4v) is 2.30. The van der Waals surface area contributed by atoms with Gasteiger partial charge < -0.3 is 16.4 Å². The summed E-state index contributed by atoms with van der Waals surface area (Å²) in [5.41, 5.74) is 7.26. The number of hydrogen-bond donors (Lipinski definition) is 3. The number of primary amides is 1. The molecule has 0 saturated carbocycles. The van der Waals surface area contributed by atoms with Crippen LogP contribution in [-0.2, 0) is 0 Å². The molecule has 3 amide bonds. The zero-order valence-electron chi connectivity index (χ0n) is 12.1. The standard InChI is InChI=1S/C17H14N4O2/c18-17(23)21-13-7-2-6-12(10-13)20-16(22)14-8-1-4-11-5-3-9-19-15(11)14/h1-10H,(H,20,22)(H3,18,21,23). The fourth-order valence-electron chi connectivity index (χ4n) is 2.30. The molecule has 0 spiro atoms. The Bertz CT molecular complexity index is 887. The van der Waals surface area contributed by atoms with Crippen molar-refractivity contribution in [1.29, 1.82) is 0 Å². The topological polar surface area (TPSA) is 97.1 Å². The molecule has 1 heterocycles. The number of carbonyl (C=O) groups excluding carboxylic acids is 2. The number of para-hydroxylation sites is 1. The molecular formula is C17H14N4O2. The molecule has 4 N–H and O–H groups in total. The SMILES string of the molecule is NC(=O)Nc1cccc(NC(=O)c2cccc3cccnc23)c1. The summed E-state index contributed by atoms with van der Waals surface area (Å²) in [6.07, 6.45) is 1.65. The van der Waals surface area contributed by atoms with Crippen molar-refractivity contribution in [3.05, 3.63) is 66.4 Å². The smallest absolute Gasteiger partial charge is 0.316 e. The number of amides is 3. The Kier molecular flexibility index (Phi) is 3.88. The largest absolute Gasteiger partial charge is 0.351 e. The van der Waals surface area contributed by atoms with E-state index in [0.29, 0.717) is 22.5 Å². The molecule has 0 fully saturated rings. The van der Waals surface area contributed by atoms with Gasteiger partial charge in [-0.25, -0.2) is 4.79 Å². The monoisotopic (exact) mass is 306 g/mol. The number of rotatable bonds is 3. The molecule has 0 bridgehead atoms. The Morgan fingerprint density at radius 3 is 2.39 bits per heavy atom. The first kappa shape index (κ1) is 14.5. The summed E-state index contributed by atoms with van der Waals surface area (Å²) in [4.78, 5) is 27.7. The minimum Gasteiger partial charge on any atom is -0.351 e. The van der Waals surface area contributed by atoms with E-state index in [-0.39, 0.29) is 5.91 Å². The number of nitrogens with one attached hydrogen (secondary N) is 2. The zero-order valence-corrected chi connectivity index (χ0v) is 12.1. The first-order valence-corrected chi connectivity index (χ1v) is 6.95. The first-order chi connectivity index (χ1) is 11.1. The molecule has 23 heavy (non-hydrogen) atoms. The Morgan fingerprint density at radius 1 is 0.913 bits per heavy atom. The van der Waals surface area contributed by atoms with Crippen molar-refractivity contribution in [2.24, 2.45) is 5.73 Å². The highest BCUT2D eigenvalue weighted by molar-refractivity contribution is 6.12. The van der Waals surface area contributed by atoms with E-state index in [0.717, 1.165) is 5.39 Å². The molecule has 3 rings (SSSR count). The molecule has 2 aromatic carbocycles. The van der Waals surface area contributed by atoms with Gasteiger partial charge in [-0.15, -0.1) is 0 Å². The molecule has 0 unspecified atom stereocenters. The lowest BCUT2D eigenvalue weighted by atomic mass is 10.1. The maximum absolute atomic E-state index is 12.5. The van der Waals surface area contributed by atoms with Crippen LogP contribution in [0.4, 0.5) is 16.2 Å². The second kappa shape index (κ2) is 6.15. The summed E-state index contributed by atoms with van der Waals surface area (Å²) in [6.45, 7) is 0. The van der Waals surface area contributed by atoms with E-state index in [4.69, 9.17) is 5.73 Å². The van der Waals surface area contributed by atoms with Crippen LogP contribution in [0, 0.1) is 0 Å². The van der Waals surface area contributed by atoms with Crippen LogP contribution in [0.3, 0.4) is 0 Å². The van der Waals surface area contributed by atoms with Gasteiger partial charge in [0, 0.05) is 23.0 Å². The van der Waals surface area contributed by atoms with E-state index in [1.54, 1.807) is 36.5 Å². The van der Waals surface area contributed by atoms with Gasteiger partial charge in [0.25, 0.3) is 5.91 Å². The summed E-state index contributed by atoms with van der Waals surface area (Å²) in [7, 11) is 0. The van der Waals surface area contributed by atoms with Gasteiger partial charge in [0.1, 0.15) is 0 Å². The van der Waals surface area contributed by atoms with Gasteiger partial charge >= 0.3 is 6.03 Å². The molecule has 0 atom stereocenters. The van der Waals surface area contributed by atoms with Gasteiger partial charge in [0.2, 0.25) is 0 Å². The predicted molar refractivity (Wildman–Crippen MR) is 89.3 cm³/mol. The number of nitrogens with two attached hydrogens (primary N) is 1. The van der Waals surface area contributed by atoms with Crippen LogP contribution in [0.25, 0.3) is 10.9 Å². The Balaban J connectivity index is 1.88. The van der Waals surface area contributed by atoms with Gasteiger partial charge in [-0.2, -0.15) is 0 Å². The third-order valence-electron chi connectivity index (χ3n) is 3.27. The van der Waals surface area contributed by atoms with E-state index in [9.17, 15) is 9.59 Å². The Morgan fingerprint density at radius 2 is 1.61 bits per heavy atom. The van der Waals surface area contributed by atoms with Crippen molar-refractivity contribution in [2.75, 3.05) is 10.6 Å². The van der Waals surface area contributed by atoms with E-state index in [1.165, 1.54) is 0 Å². The van der Waals surface area contributed by atoms with Crippen LogP contribution in [0.15, 0.2) is 60.8 Å². The third-order valence-corrected chi connectivity index (χ3v) is 3.27. The number of aromatic nitrogens is 1. The van der Waals surface area contributed by atoms with Crippen LogP contribution in [0.5, 0.6) is 0 Å². The number of benzene rings is 2. The average molecular weight is 306 g/mol.